The van der Waals surface area contributed by atoms with Gasteiger partial charge in [-0.1, -0.05) is 81.5 Å². The zero-order chi connectivity index (χ0) is 30.3. The SMILES string of the molecule is C/C=C(\C)c1ccc(C)c(C)c1.C=C(C)C.C=C(OC(=NC)C(F)F)c1ccc(CC)cc1.C=NC.CC. The normalized spacial score (nSPS) is 10.2. The lowest BCUT2D eigenvalue weighted by atomic mass is 10.0. The highest BCUT2D eigenvalue weighted by Crippen LogP contribution is 2.18. The van der Waals surface area contributed by atoms with Gasteiger partial charge in [0.05, 0.1) is 0 Å². The summed E-state index contributed by atoms with van der Waals surface area (Å²) in [5.41, 5.74) is 8.42. The minimum absolute atomic E-state index is 0.175. The zero-order valence-corrected chi connectivity index (χ0v) is 25.6. The maximum Gasteiger partial charge on any atom is 0.312 e. The van der Waals surface area contributed by atoms with Crippen LogP contribution in [0, 0.1) is 13.8 Å². The molecule has 0 spiro atoms. The molecule has 0 saturated carbocycles. The highest BCUT2D eigenvalue weighted by atomic mass is 19.3. The predicted octanol–water partition coefficient (Wildman–Crippen LogP) is 10.2. The number of aryl methyl sites for hydroxylation is 3. The van der Waals surface area contributed by atoms with Crippen LogP contribution in [0.2, 0.25) is 0 Å². The molecule has 0 unspecified atom stereocenters. The van der Waals surface area contributed by atoms with Crippen LogP contribution < -0.4 is 0 Å². The number of hydrogen-bond donors (Lipinski definition) is 0. The minimum Gasteiger partial charge on any atom is -0.438 e. The van der Waals surface area contributed by atoms with Gasteiger partial charge in [-0.25, -0.2) is 0 Å². The zero-order valence-electron chi connectivity index (χ0n) is 25.6. The van der Waals surface area contributed by atoms with E-state index in [0.717, 1.165) is 6.42 Å². The van der Waals surface area contributed by atoms with Gasteiger partial charge in [0, 0.05) is 19.7 Å². The molecule has 2 aromatic rings. The molecule has 212 valence electrons. The maximum absolute atomic E-state index is 12.4. The van der Waals surface area contributed by atoms with Crippen molar-refractivity contribution in [3.8, 4) is 0 Å². The van der Waals surface area contributed by atoms with Crippen molar-refractivity contribution in [2.75, 3.05) is 14.1 Å². The van der Waals surface area contributed by atoms with Crippen LogP contribution in [0.25, 0.3) is 11.3 Å². The molecule has 0 N–H and O–H groups in total. The summed E-state index contributed by atoms with van der Waals surface area (Å²) in [5.74, 6) is -0.442. The van der Waals surface area contributed by atoms with Crippen molar-refractivity contribution in [1.82, 2.24) is 0 Å². The lowest BCUT2D eigenvalue weighted by Crippen LogP contribution is -2.13. The number of ether oxygens (including phenoxy) is 1. The first-order valence-corrected chi connectivity index (χ1v) is 12.8. The Bertz CT molecular complexity index is 1000. The van der Waals surface area contributed by atoms with Gasteiger partial charge >= 0.3 is 6.43 Å². The van der Waals surface area contributed by atoms with Gasteiger partial charge in [0.25, 0.3) is 5.90 Å². The topological polar surface area (TPSA) is 34.0 Å². The molecule has 5 heteroatoms. The lowest BCUT2D eigenvalue weighted by molar-refractivity contribution is 0.196. The molecule has 0 radical (unpaired) electrons. The van der Waals surface area contributed by atoms with Gasteiger partial charge in [-0.15, -0.1) is 6.58 Å². The predicted molar refractivity (Wildman–Crippen MR) is 168 cm³/mol. The van der Waals surface area contributed by atoms with Crippen molar-refractivity contribution in [1.29, 1.82) is 0 Å². The summed E-state index contributed by atoms with van der Waals surface area (Å²) in [6.45, 7) is 28.8. The molecule has 0 aromatic heterocycles. The van der Waals surface area contributed by atoms with Crippen molar-refractivity contribution in [3.63, 3.8) is 0 Å². The molecule has 38 heavy (non-hydrogen) atoms. The van der Waals surface area contributed by atoms with E-state index in [0.29, 0.717) is 5.56 Å². The second-order valence-electron chi connectivity index (χ2n) is 8.23. The Morgan fingerprint density at radius 3 is 1.71 bits per heavy atom. The molecule has 0 aliphatic rings. The van der Waals surface area contributed by atoms with Crippen LogP contribution in [0.4, 0.5) is 8.78 Å². The molecular formula is C33H50F2N2O. The molecule has 3 nitrogen and oxygen atoms in total. The smallest absolute Gasteiger partial charge is 0.312 e. The van der Waals surface area contributed by atoms with Crippen molar-refractivity contribution in [2.24, 2.45) is 9.98 Å². The van der Waals surface area contributed by atoms with Crippen molar-refractivity contribution in [3.05, 3.63) is 95.1 Å². The summed E-state index contributed by atoms with van der Waals surface area (Å²) in [5, 5.41) is 0. The highest BCUT2D eigenvalue weighted by molar-refractivity contribution is 5.84. The van der Waals surface area contributed by atoms with E-state index in [1.807, 2.05) is 46.8 Å². The number of rotatable bonds is 5. The Labute approximate surface area is 231 Å². The van der Waals surface area contributed by atoms with E-state index in [1.54, 1.807) is 19.2 Å². The van der Waals surface area contributed by atoms with E-state index in [2.05, 4.69) is 81.8 Å². The maximum atomic E-state index is 12.4. The summed E-state index contributed by atoms with van der Waals surface area (Å²) < 4.78 is 29.7. The third kappa shape index (κ3) is 18.9. The van der Waals surface area contributed by atoms with Crippen LogP contribution in [0.5, 0.6) is 0 Å². The quantitative estimate of drug-likeness (QED) is 0.164. The van der Waals surface area contributed by atoms with Gasteiger partial charge in [-0.3, -0.25) is 4.99 Å². The monoisotopic (exact) mass is 528 g/mol. The van der Waals surface area contributed by atoms with Crippen LogP contribution in [0.1, 0.15) is 76.3 Å². The second kappa shape index (κ2) is 24.0. The Hall–Kier alpha value is -3.34. The average molecular weight is 529 g/mol. The Balaban J connectivity index is -0.000000505. The van der Waals surface area contributed by atoms with Gasteiger partial charge in [0.2, 0.25) is 0 Å². The van der Waals surface area contributed by atoms with Crippen molar-refractivity contribution < 1.29 is 13.5 Å². The van der Waals surface area contributed by atoms with E-state index in [4.69, 9.17) is 4.74 Å². The molecule has 0 bridgehead atoms. The third-order valence-electron chi connectivity index (χ3n) is 4.71. The fraction of sp³-hybridized carbons (Fsp3) is 0.394. The molecular weight excluding hydrogens is 478 g/mol. The van der Waals surface area contributed by atoms with Crippen LogP contribution in [-0.4, -0.2) is 33.1 Å². The first kappa shape index (κ1) is 39.2. The van der Waals surface area contributed by atoms with Gasteiger partial charge in [-0.2, -0.15) is 8.78 Å². The van der Waals surface area contributed by atoms with E-state index >= 15 is 0 Å². The van der Waals surface area contributed by atoms with Gasteiger partial charge in [-0.05, 0) is 82.5 Å². The van der Waals surface area contributed by atoms with Gasteiger partial charge < -0.3 is 9.73 Å². The number of hydrogen-bond acceptors (Lipinski definition) is 3. The van der Waals surface area contributed by atoms with Crippen LogP contribution >= 0.6 is 0 Å². The number of halogens is 2. The Kier molecular flexibility index (Phi) is 24.8. The molecule has 0 fully saturated rings. The van der Waals surface area contributed by atoms with Crippen LogP contribution in [0.3, 0.4) is 0 Å². The first-order valence-electron chi connectivity index (χ1n) is 12.8. The molecule has 0 amide bonds. The number of nitrogens with zero attached hydrogens (tertiary/aromatic N) is 2. The summed E-state index contributed by atoms with van der Waals surface area (Å²) >= 11 is 0. The molecule has 0 aliphatic heterocycles. The summed E-state index contributed by atoms with van der Waals surface area (Å²) in [4.78, 5) is 6.62. The standard InChI is InChI=1S/C13H15F2NO.C12H16.C4H8.C2H5N.C2H6/c1-4-10-5-7-11(8-6-10)9(2)17-13(16-3)12(14)15;1-5-9(2)12-7-6-10(3)11(4)8-12;1-4(2)3;1-3-2;1-2/h5-8,12H,2,4H2,1,3H3;5-8H,1-4H3;1H2,2-3H3;1H2,2H3;1-2H3/b;9-5+;;;. The van der Waals surface area contributed by atoms with Crippen LogP contribution in [0.15, 0.2) is 77.3 Å². The number of aliphatic imine (C=N–C) groups is 2. The first-order chi connectivity index (χ1) is 17.9. The van der Waals surface area contributed by atoms with E-state index < -0.39 is 12.3 Å². The largest absolute Gasteiger partial charge is 0.438 e. The second-order valence-corrected chi connectivity index (χ2v) is 8.23. The summed E-state index contributed by atoms with van der Waals surface area (Å²) in [7, 11) is 2.90. The molecule has 0 aliphatic carbocycles. The number of alkyl halides is 2. The Morgan fingerprint density at radius 1 is 0.921 bits per heavy atom. The van der Waals surface area contributed by atoms with Crippen molar-refractivity contribution in [2.45, 2.75) is 75.2 Å². The van der Waals surface area contributed by atoms with Crippen molar-refractivity contribution >= 4 is 23.9 Å². The van der Waals surface area contributed by atoms with E-state index in [1.165, 1.54) is 40.4 Å². The van der Waals surface area contributed by atoms with Crippen LogP contribution in [-0.2, 0) is 11.2 Å². The molecule has 0 heterocycles. The third-order valence-corrected chi connectivity index (χ3v) is 4.71. The highest BCUT2D eigenvalue weighted by Gasteiger charge is 2.15. The minimum atomic E-state index is -2.73. The van der Waals surface area contributed by atoms with E-state index in [9.17, 15) is 8.78 Å². The molecule has 0 atom stereocenters. The fourth-order valence-electron chi connectivity index (χ4n) is 2.45. The molecule has 2 rings (SSSR count). The number of allylic oxidation sites excluding steroid dienone is 3. The van der Waals surface area contributed by atoms with Gasteiger partial charge in [0.15, 0.2) is 0 Å². The summed E-state index contributed by atoms with van der Waals surface area (Å²) in [6.07, 6.45) is 0.336. The summed E-state index contributed by atoms with van der Waals surface area (Å²) in [6, 6.07) is 14.0. The number of benzene rings is 2. The average Bonchev–Trinajstić information content (AvgIpc) is 2.89. The van der Waals surface area contributed by atoms with E-state index in [-0.39, 0.29) is 5.76 Å². The molecule has 2 aromatic carbocycles. The fourth-order valence-corrected chi connectivity index (χ4v) is 2.45. The molecule has 0 saturated heterocycles. The lowest BCUT2D eigenvalue weighted by Gasteiger charge is -2.10. The Morgan fingerprint density at radius 2 is 1.37 bits per heavy atom. The van der Waals surface area contributed by atoms with Gasteiger partial charge in [0.1, 0.15) is 5.76 Å².